The number of methoxy groups -OCH3 is 1. The molecule has 2 atom stereocenters. The summed E-state index contributed by atoms with van der Waals surface area (Å²) in [6, 6.07) is 9.74. The van der Waals surface area contributed by atoms with Crippen molar-refractivity contribution in [2.75, 3.05) is 7.11 Å². The average Bonchev–Trinajstić information content (AvgIpc) is 2.63. The standard InChI is InChI=1S/C19H25N3O4/c1-14(23)21-17(13-15-9-5-3-6-10-15)18(24)22-16(19(25)26-2)11-7-4-8-12-20/h3,5-6,9-10,16-17H,4,7-8,11,13H2,1-2H3,(H,21,23)(H,22,24)/t16-,17-/m0/s1. The quantitative estimate of drug-likeness (QED) is 0.486. The van der Waals surface area contributed by atoms with E-state index in [9.17, 15) is 14.4 Å². The van der Waals surface area contributed by atoms with Crippen molar-refractivity contribution < 1.29 is 19.1 Å². The maximum atomic E-state index is 12.6. The molecular formula is C19H25N3O4. The third kappa shape index (κ3) is 7.79. The van der Waals surface area contributed by atoms with Gasteiger partial charge < -0.3 is 15.4 Å². The zero-order valence-electron chi connectivity index (χ0n) is 15.2. The van der Waals surface area contributed by atoms with Crippen LogP contribution in [0.3, 0.4) is 0 Å². The molecule has 0 unspecified atom stereocenters. The fourth-order valence-electron chi connectivity index (χ4n) is 2.52. The summed E-state index contributed by atoms with van der Waals surface area (Å²) in [4.78, 5) is 36.0. The van der Waals surface area contributed by atoms with Gasteiger partial charge in [0, 0.05) is 19.8 Å². The summed E-state index contributed by atoms with van der Waals surface area (Å²) in [7, 11) is 1.26. The lowest BCUT2D eigenvalue weighted by atomic mass is 10.0. The highest BCUT2D eigenvalue weighted by Gasteiger charge is 2.26. The van der Waals surface area contributed by atoms with Crippen molar-refractivity contribution in [3.8, 4) is 6.07 Å². The number of hydrogen-bond donors (Lipinski definition) is 2. The van der Waals surface area contributed by atoms with Gasteiger partial charge in [0.05, 0.1) is 13.2 Å². The second-order valence-electron chi connectivity index (χ2n) is 5.93. The molecule has 2 amide bonds. The molecule has 0 saturated carbocycles. The molecule has 7 heteroatoms. The van der Waals surface area contributed by atoms with E-state index in [0.717, 1.165) is 5.56 Å². The number of ether oxygens (including phenoxy) is 1. The molecule has 0 aliphatic carbocycles. The van der Waals surface area contributed by atoms with Gasteiger partial charge in [-0.2, -0.15) is 5.26 Å². The highest BCUT2D eigenvalue weighted by molar-refractivity contribution is 5.90. The molecule has 26 heavy (non-hydrogen) atoms. The van der Waals surface area contributed by atoms with Crippen molar-refractivity contribution in [1.82, 2.24) is 10.6 Å². The summed E-state index contributed by atoms with van der Waals surface area (Å²) in [5.41, 5.74) is 0.894. The smallest absolute Gasteiger partial charge is 0.328 e. The van der Waals surface area contributed by atoms with Gasteiger partial charge >= 0.3 is 5.97 Å². The van der Waals surface area contributed by atoms with Gasteiger partial charge in [0.1, 0.15) is 12.1 Å². The normalized spacial score (nSPS) is 12.3. The second kappa shape index (κ2) is 11.6. The minimum absolute atomic E-state index is 0.314. The first-order chi connectivity index (χ1) is 12.5. The fourth-order valence-corrected chi connectivity index (χ4v) is 2.52. The number of rotatable bonds is 10. The number of carbonyl (C=O) groups excluding carboxylic acids is 3. The Morgan fingerprint density at radius 1 is 1.12 bits per heavy atom. The van der Waals surface area contributed by atoms with Gasteiger partial charge in [-0.3, -0.25) is 9.59 Å². The average molecular weight is 359 g/mol. The monoisotopic (exact) mass is 359 g/mol. The number of carbonyl (C=O) groups is 3. The number of nitrogens with zero attached hydrogens (tertiary/aromatic N) is 1. The maximum Gasteiger partial charge on any atom is 0.328 e. The van der Waals surface area contributed by atoms with Crippen molar-refractivity contribution in [3.63, 3.8) is 0 Å². The van der Waals surface area contributed by atoms with Gasteiger partial charge in [0.25, 0.3) is 0 Å². The van der Waals surface area contributed by atoms with Crippen molar-refractivity contribution in [3.05, 3.63) is 35.9 Å². The van der Waals surface area contributed by atoms with E-state index in [1.165, 1.54) is 14.0 Å². The molecule has 0 aliphatic heterocycles. The van der Waals surface area contributed by atoms with E-state index >= 15 is 0 Å². The van der Waals surface area contributed by atoms with E-state index in [1.54, 1.807) is 0 Å². The number of amides is 2. The summed E-state index contributed by atoms with van der Waals surface area (Å²) in [5.74, 6) is -1.32. The summed E-state index contributed by atoms with van der Waals surface area (Å²) in [6.45, 7) is 1.34. The van der Waals surface area contributed by atoms with Crippen molar-refractivity contribution in [2.45, 2.75) is 51.1 Å². The molecule has 0 aromatic heterocycles. The molecule has 2 N–H and O–H groups in total. The van der Waals surface area contributed by atoms with Crippen LogP contribution in [0.1, 0.15) is 38.2 Å². The Morgan fingerprint density at radius 2 is 1.81 bits per heavy atom. The molecule has 0 heterocycles. The molecule has 0 saturated heterocycles. The number of hydrogen-bond acceptors (Lipinski definition) is 5. The lowest BCUT2D eigenvalue weighted by molar-refractivity contribution is -0.145. The van der Waals surface area contributed by atoms with Crippen LogP contribution in [0.4, 0.5) is 0 Å². The van der Waals surface area contributed by atoms with Crippen LogP contribution >= 0.6 is 0 Å². The van der Waals surface area contributed by atoms with E-state index in [4.69, 9.17) is 10.00 Å². The molecule has 140 valence electrons. The first-order valence-electron chi connectivity index (χ1n) is 8.54. The molecule has 0 fully saturated rings. The highest BCUT2D eigenvalue weighted by atomic mass is 16.5. The zero-order chi connectivity index (χ0) is 19.4. The number of nitrogens with one attached hydrogen (secondary N) is 2. The van der Waals surface area contributed by atoms with E-state index < -0.39 is 24.0 Å². The zero-order valence-corrected chi connectivity index (χ0v) is 15.2. The first-order valence-corrected chi connectivity index (χ1v) is 8.54. The lowest BCUT2D eigenvalue weighted by Crippen LogP contribution is -2.52. The SMILES string of the molecule is COC(=O)[C@H](CCCCC#N)NC(=O)[C@H](Cc1ccccc1)NC(C)=O. The van der Waals surface area contributed by atoms with Crippen LogP contribution in [0, 0.1) is 11.3 Å². The Bertz CT molecular complexity index is 640. The van der Waals surface area contributed by atoms with Gasteiger partial charge in [0.2, 0.25) is 11.8 Å². The molecule has 0 bridgehead atoms. The fraction of sp³-hybridized carbons (Fsp3) is 0.474. The Labute approximate surface area is 153 Å². The molecule has 1 aromatic carbocycles. The topological polar surface area (TPSA) is 108 Å². The van der Waals surface area contributed by atoms with Gasteiger partial charge in [-0.1, -0.05) is 30.3 Å². The number of nitriles is 1. The van der Waals surface area contributed by atoms with Crippen molar-refractivity contribution >= 4 is 17.8 Å². The Morgan fingerprint density at radius 3 is 2.38 bits per heavy atom. The first kappa shape index (κ1) is 21.2. The Balaban J connectivity index is 2.77. The summed E-state index contributed by atoms with van der Waals surface area (Å²) in [6.07, 6.45) is 2.33. The van der Waals surface area contributed by atoms with Crippen molar-refractivity contribution in [1.29, 1.82) is 5.26 Å². The summed E-state index contributed by atoms with van der Waals surface area (Å²) in [5, 5.41) is 13.9. The van der Waals surface area contributed by atoms with Gasteiger partial charge in [0.15, 0.2) is 0 Å². The van der Waals surface area contributed by atoms with E-state index in [-0.39, 0.29) is 5.91 Å². The Kier molecular flexibility index (Phi) is 9.47. The van der Waals surface area contributed by atoms with Crippen LogP contribution in [0.15, 0.2) is 30.3 Å². The molecule has 0 aliphatic rings. The molecule has 0 spiro atoms. The third-order valence-corrected chi connectivity index (χ3v) is 3.81. The number of esters is 1. The van der Waals surface area contributed by atoms with Gasteiger partial charge in [-0.05, 0) is 24.8 Å². The highest BCUT2D eigenvalue weighted by Crippen LogP contribution is 2.08. The van der Waals surface area contributed by atoms with E-state index in [0.29, 0.717) is 32.1 Å². The Hall–Kier alpha value is -2.88. The van der Waals surface area contributed by atoms with Gasteiger partial charge in [-0.15, -0.1) is 0 Å². The molecule has 0 radical (unpaired) electrons. The molecular weight excluding hydrogens is 334 g/mol. The molecule has 1 aromatic rings. The van der Waals surface area contributed by atoms with Crippen LogP contribution < -0.4 is 10.6 Å². The second-order valence-corrected chi connectivity index (χ2v) is 5.93. The number of unbranched alkanes of at least 4 members (excludes halogenated alkanes) is 2. The molecule has 7 nitrogen and oxygen atoms in total. The predicted molar refractivity (Wildman–Crippen MR) is 95.8 cm³/mol. The van der Waals surface area contributed by atoms with Gasteiger partial charge in [-0.25, -0.2) is 4.79 Å². The lowest BCUT2D eigenvalue weighted by Gasteiger charge is -2.22. The van der Waals surface area contributed by atoms with E-state index in [2.05, 4.69) is 10.6 Å². The minimum Gasteiger partial charge on any atom is -0.467 e. The van der Waals surface area contributed by atoms with Crippen LogP contribution in [0.25, 0.3) is 0 Å². The van der Waals surface area contributed by atoms with Crippen LogP contribution in [-0.4, -0.2) is 37.0 Å². The molecule has 1 rings (SSSR count). The van der Waals surface area contributed by atoms with Crippen molar-refractivity contribution in [2.24, 2.45) is 0 Å². The van der Waals surface area contributed by atoms with Crippen LogP contribution in [0.2, 0.25) is 0 Å². The van der Waals surface area contributed by atoms with Crippen LogP contribution in [0.5, 0.6) is 0 Å². The summed E-state index contributed by atoms with van der Waals surface area (Å²) < 4.78 is 4.74. The maximum absolute atomic E-state index is 12.6. The van der Waals surface area contributed by atoms with Crippen LogP contribution in [-0.2, 0) is 25.5 Å². The number of benzene rings is 1. The van der Waals surface area contributed by atoms with E-state index in [1.807, 2.05) is 36.4 Å². The largest absolute Gasteiger partial charge is 0.467 e. The third-order valence-electron chi connectivity index (χ3n) is 3.81. The predicted octanol–water partition coefficient (Wildman–Crippen LogP) is 1.48. The minimum atomic E-state index is -0.807. The summed E-state index contributed by atoms with van der Waals surface area (Å²) >= 11 is 0.